The lowest BCUT2D eigenvalue weighted by atomic mass is 9.89. The Morgan fingerprint density at radius 1 is 1.19 bits per heavy atom. The number of para-hydroxylation sites is 2. The van der Waals surface area contributed by atoms with E-state index in [-0.39, 0.29) is 19.8 Å². The second-order valence-electron chi connectivity index (χ2n) is 7.09. The van der Waals surface area contributed by atoms with E-state index in [1.54, 1.807) is 32.2 Å². The summed E-state index contributed by atoms with van der Waals surface area (Å²) >= 11 is 12.7. The summed E-state index contributed by atoms with van der Waals surface area (Å²) in [5.41, 5.74) is 2.07. The zero-order valence-electron chi connectivity index (χ0n) is 17.0. The standard InChI is InChI=1S/C22H21Cl2N3O4/c1-3-31-21(29)18-19(14-9-8-13(23)12-15(14)24)27-17-7-5-4-6-16(17)25-22(27)26(20(18)28)10-11-30-2/h4-9,12,18-19H,3,10-11H2,1-2H3/t18-,19+/m1/s1. The highest BCUT2D eigenvalue weighted by Crippen LogP contribution is 2.43. The molecule has 31 heavy (non-hydrogen) atoms. The van der Waals surface area contributed by atoms with Gasteiger partial charge in [-0.15, -0.1) is 0 Å². The number of anilines is 1. The number of imidazole rings is 1. The Hall–Kier alpha value is -2.61. The molecule has 3 aromatic rings. The van der Waals surface area contributed by atoms with Gasteiger partial charge in [0, 0.05) is 17.2 Å². The zero-order valence-corrected chi connectivity index (χ0v) is 18.6. The monoisotopic (exact) mass is 461 g/mol. The van der Waals surface area contributed by atoms with Crippen molar-refractivity contribution >= 4 is 52.1 Å². The van der Waals surface area contributed by atoms with E-state index < -0.39 is 23.8 Å². The van der Waals surface area contributed by atoms with Gasteiger partial charge in [-0.05, 0) is 36.8 Å². The van der Waals surface area contributed by atoms with Crippen LogP contribution in [0.5, 0.6) is 0 Å². The molecular formula is C22H21Cl2N3O4. The maximum absolute atomic E-state index is 13.6. The summed E-state index contributed by atoms with van der Waals surface area (Å²) in [5.74, 6) is -1.73. The van der Waals surface area contributed by atoms with Crippen LogP contribution in [0.4, 0.5) is 5.95 Å². The van der Waals surface area contributed by atoms with Crippen molar-refractivity contribution in [3.8, 4) is 0 Å². The maximum Gasteiger partial charge on any atom is 0.321 e. The third-order valence-corrected chi connectivity index (χ3v) is 5.85. The lowest BCUT2D eigenvalue weighted by molar-refractivity contribution is -0.153. The highest BCUT2D eigenvalue weighted by Gasteiger charge is 2.48. The molecule has 0 spiro atoms. The van der Waals surface area contributed by atoms with Crippen LogP contribution < -0.4 is 4.90 Å². The van der Waals surface area contributed by atoms with Crippen LogP contribution in [0.1, 0.15) is 18.5 Å². The first-order chi connectivity index (χ1) is 15.0. The minimum atomic E-state index is -1.14. The number of fused-ring (bicyclic) bond motifs is 3. The van der Waals surface area contributed by atoms with Crippen LogP contribution in [0.3, 0.4) is 0 Å². The predicted octanol–water partition coefficient (Wildman–Crippen LogP) is 4.10. The van der Waals surface area contributed by atoms with Crippen LogP contribution in [0.25, 0.3) is 11.0 Å². The summed E-state index contributed by atoms with van der Waals surface area (Å²) in [6, 6.07) is 11.8. The van der Waals surface area contributed by atoms with Gasteiger partial charge in [0.1, 0.15) is 0 Å². The lowest BCUT2D eigenvalue weighted by Gasteiger charge is -2.38. The largest absolute Gasteiger partial charge is 0.465 e. The summed E-state index contributed by atoms with van der Waals surface area (Å²) in [6.07, 6.45) is 0. The normalized spacial score (nSPS) is 18.3. The first kappa shape index (κ1) is 21.6. The van der Waals surface area contributed by atoms with Crippen molar-refractivity contribution in [2.75, 3.05) is 31.8 Å². The number of amides is 1. The molecule has 162 valence electrons. The van der Waals surface area contributed by atoms with Crippen LogP contribution in [-0.2, 0) is 19.1 Å². The Morgan fingerprint density at radius 3 is 2.68 bits per heavy atom. The molecular weight excluding hydrogens is 441 g/mol. The number of hydrogen-bond acceptors (Lipinski definition) is 5. The highest BCUT2D eigenvalue weighted by molar-refractivity contribution is 6.35. The molecule has 0 saturated heterocycles. The Morgan fingerprint density at radius 2 is 1.97 bits per heavy atom. The topological polar surface area (TPSA) is 73.7 Å². The second-order valence-corrected chi connectivity index (χ2v) is 7.94. The Bertz CT molecular complexity index is 1150. The number of halogens is 2. The molecule has 7 nitrogen and oxygen atoms in total. The summed E-state index contributed by atoms with van der Waals surface area (Å²) in [6.45, 7) is 2.39. The number of carbonyl (C=O) groups is 2. The third-order valence-electron chi connectivity index (χ3n) is 5.29. The van der Waals surface area contributed by atoms with Gasteiger partial charge < -0.3 is 14.0 Å². The van der Waals surface area contributed by atoms with Crippen LogP contribution >= 0.6 is 23.2 Å². The van der Waals surface area contributed by atoms with Crippen molar-refractivity contribution in [3.05, 3.63) is 58.1 Å². The number of rotatable bonds is 6. The third kappa shape index (κ3) is 3.78. The number of hydrogen-bond donors (Lipinski definition) is 0. The van der Waals surface area contributed by atoms with Crippen LogP contribution in [0.15, 0.2) is 42.5 Å². The molecule has 0 radical (unpaired) electrons. The number of benzene rings is 2. The fraction of sp³-hybridized carbons (Fsp3) is 0.318. The average molecular weight is 462 g/mol. The molecule has 0 unspecified atom stereocenters. The van der Waals surface area contributed by atoms with Gasteiger partial charge >= 0.3 is 5.97 Å². The molecule has 0 N–H and O–H groups in total. The molecule has 2 aromatic carbocycles. The average Bonchev–Trinajstić information content (AvgIpc) is 3.12. The van der Waals surface area contributed by atoms with Crippen molar-refractivity contribution in [3.63, 3.8) is 0 Å². The first-order valence-electron chi connectivity index (χ1n) is 9.86. The minimum Gasteiger partial charge on any atom is -0.465 e. The van der Waals surface area contributed by atoms with E-state index in [0.717, 1.165) is 5.52 Å². The molecule has 4 rings (SSSR count). The molecule has 0 aliphatic carbocycles. The van der Waals surface area contributed by atoms with Gasteiger partial charge in [-0.25, -0.2) is 4.98 Å². The van der Waals surface area contributed by atoms with Gasteiger partial charge in [0.05, 0.1) is 36.8 Å². The number of nitrogens with zero attached hydrogens (tertiary/aromatic N) is 3. The number of aromatic nitrogens is 2. The maximum atomic E-state index is 13.6. The van der Waals surface area contributed by atoms with Gasteiger partial charge in [0.2, 0.25) is 11.9 Å². The molecule has 0 saturated carbocycles. The van der Waals surface area contributed by atoms with E-state index in [4.69, 9.17) is 37.7 Å². The smallest absolute Gasteiger partial charge is 0.321 e. The zero-order chi connectivity index (χ0) is 22.1. The van der Waals surface area contributed by atoms with E-state index in [1.807, 2.05) is 28.8 Å². The molecule has 1 aliphatic rings. The van der Waals surface area contributed by atoms with Gasteiger partial charge in [0.15, 0.2) is 5.92 Å². The number of carbonyl (C=O) groups excluding carboxylic acids is 2. The summed E-state index contributed by atoms with van der Waals surface area (Å²) < 4.78 is 12.4. The highest BCUT2D eigenvalue weighted by atomic mass is 35.5. The van der Waals surface area contributed by atoms with Crippen molar-refractivity contribution in [1.82, 2.24) is 9.55 Å². The first-order valence-corrected chi connectivity index (χ1v) is 10.6. The minimum absolute atomic E-state index is 0.152. The lowest BCUT2D eigenvalue weighted by Crippen LogP contribution is -2.51. The number of methoxy groups -OCH3 is 1. The summed E-state index contributed by atoms with van der Waals surface area (Å²) in [7, 11) is 1.55. The van der Waals surface area contributed by atoms with E-state index >= 15 is 0 Å². The van der Waals surface area contributed by atoms with Gasteiger partial charge in [-0.1, -0.05) is 41.4 Å². The Labute approximate surface area is 189 Å². The van der Waals surface area contributed by atoms with Crippen molar-refractivity contribution in [1.29, 1.82) is 0 Å². The molecule has 1 aliphatic heterocycles. The van der Waals surface area contributed by atoms with E-state index in [1.165, 1.54) is 4.90 Å². The van der Waals surface area contributed by atoms with Gasteiger partial charge in [-0.2, -0.15) is 0 Å². The number of esters is 1. The number of ether oxygens (including phenoxy) is 2. The molecule has 2 atom stereocenters. The Kier molecular flexibility index (Phi) is 6.18. The Balaban J connectivity index is 2.00. The van der Waals surface area contributed by atoms with E-state index in [0.29, 0.717) is 27.1 Å². The predicted molar refractivity (Wildman–Crippen MR) is 119 cm³/mol. The summed E-state index contributed by atoms with van der Waals surface area (Å²) in [5, 5.41) is 0.815. The fourth-order valence-corrected chi connectivity index (χ4v) is 4.48. The molecule has 0 bridgehead atoms. The van der Waals surface area contributed by atoms with Gasteiger partial charge in [-0.3, -0.25) is 14.5 Å². The SMILES string of the molecule is CCOC(=O)[C@H]1C(=O)N(CCOC)c2nc3ccccc3n2[C@H]1c1ccc(Cl)cc1Cl. The van der Waals surface area contributed by atoms with Crippen LogP contribution in [0, 0.1) is 5.92 Å². The van der Waals surface area contributed by atoms with Crippen LogP contribution in [-0.4, -0.2) is 48.3 Å². The second kappa shape index (κ2) is 8.86. The summed E-state index contributed by atoms with van der Waals surface area (Å²) in [4.78, 5) is 32.8. The molecule has 9 heteroatoms. The van der Waals surface area contributed by atoms with Crippen molar-refractivity contribution in [2.45, 2.75) is 13.0 Å². The fourth-order valence-electron chi connectivity index (χ4n) is 3.96. The molecule has 1 aromatic heterocycles. The van der Waals surface area contributed by atoms with Crippen molar-refractivity contribution < 1.29 is 19.1 Å². The molecule has 2 heterocycles. The van der Waals surface area contributed by atoms with E-state index in [9.17, 15) is 9.59 Å². The van der Waals surface area contributed by atoms with Gasteiger partial charge in [0.25, 0.3) is 0 Å². The quantitative estimate of drug-likeness (QED) is 0.407. The van der Waals surface area contributed by atoms with Crippen LogP contribution in [0.2, 0.25) is 10.0 Å². The van der Waals surface area contributed by atoms with Crippen molar-refractivity contribution in [2.24, 2.45) is 5.92 Å². The molecule has 1 amide bonds. The van der Waals surface area contributed by atoms with E-state index in [2.05, 4.69) is 0 Å². The molecule has 0 fully saturated rings.